The second-order valence-corrected chi connectivity index (χ2v) is 7.58. The molecule has 0 radical (unpaired) electrons. The van der Waals surface area contributed by atoms with Gasteiger partial charge in [0, 0.05) is 21.4 Å². The molecule has 0 saturated carbocycles. The van der Waals surface area contributed by atoms with Crippen LogP contribution < -0.4 is 0 Å². The number of hydrogen-bond acceptors (Lipinski definition) is 3. The van der Waals surface area contributed by atoms with Crippen LogP contribution in [0.2, 0.25) is 5.02 Å². The van der Waals surface area contributed by atoms with Gasteiger partial charge in [-0.05, 0) is 42.7 Å². The third kappa shape index (κ3) is 3.17. The summed E-state index contributed by atoms with van der Waals surface area (Å²) in [7, 11) is 0. The van der Waals surface area contributed by atoms with Crippen molar-refractivity contribution >= 4 is 39.4 Å². The summed E-state index contributed by atoms with van der Waals surface area (Å²) in [6.07, 6.45) is 4.33. The van der Waals surface area contributed by atoms with E-state index in [0.717, 1.165) is 33.8 Å². The van der Waals surface area contributed by atoms with Crippen LogP contribution in [0.15, 0.2) is 42.7 Å². The lowest BCUT2D eigenvalue weighted by atomic mass is 9.95. The highest BCUT2D eigenvalue weighted by Crippen LogP contribution is 2.34. The summed E-state index contributed by atoms with van der Waals surface area (Å²) in [5.74, 6) is -0.526. The number of aromatic nitrogens is 4. The zero-order valence-corrected chi connectivity index (χ0v) is 15.7. The first-order chi connectivity index (χ1) is 12.9. The number of hydrogen-bond donors (Lipinski definition) is 2. The maximum absolute atomic E-state index is 11.3. The monoisotopic (exact) mass is 382 g/mol. The minimum Gasteiger partial charge on any atom is -0.478 e. The van der Waals surface area contributed by atoms with Crippen molar-refractivity contribution in [3.8, 4) is 0 Å². The molecule has 2 heterocycles. The summed E-state index contributed by atoms with van der Waals surface area (Å²) >= 11 is 6.36. The van der Waals surface area contributed by atoms with Gasteiger partial charge in [0.15, 0.2) is 0 Å². The minimum absolute atomic E-state index is 0.0557. The number of halogens is 1. The van der Waals surface area contributed by atoms with Crippen LogP contribution in [0.4, 0.5) is 0 Å². The first-order valence-electron chi connectivity index (χ1n) is 8.77. The molecular weight excluding hydrogens is 364 g/mol. The van der Waals surface area contributed by atoms with Crippen molar-refractivity contribution in [1.29, 1.82) is 0 Å². The van der Waals surface area contributed by atoms with Crippen LogP contribution in [0, 0.1) is 5.92 Å². The lowest BCUT2D eigenvalue weighted by molar-refractivity contribution is 0.0697. The molecule has 6 nitrogen and oxygen atoms in total. The van der Waals surface area contributed by atoms with Gasteiger partial charge in [0.2, 0.25) is 0 Å². The topological polar surface area (TPSA) is 83.8 Å². The molecular formula is C20H19ClN4O2. The van der Waals surface area contributed by atoms with Crippen molar-refractivity contribution in [3.05, 3.63) is 58.9 Å². The lowest BCUT2D eigenvalue weighted by Gasteiger charge is -2.22. The van der Waals surface area contributed by atoms with E-state index in [1.54, 1.807) is 24.5 Å². The summed E-state index contributed by atoms with van der Waals surface area (Å²) in [6, 6.07) is 8.86. The molecule has 2 aromatic heterocycles. The summed E-state index contributed by atoms with van der Waals surface area (Å²) in [5.41, 5.74) is 3.10. The van der Waals surface area contributed by atoms with Crippen LogP contribution in [0.5, 0.6) is 0 Å². The van der Waals surface area contributed by atoms with Crippen molar-refractivity contribution < 1.29 is 9.90 Å². The first-order valence-corrected chi connectivity index (χ1v) is 9.15. The average molecular weight is 383 g/mol. The number of carbonyl (C=O) groups is 1. The molecule has 0 saturated heterocycles. The number of carboxylic acids is 1. The third-order valence-electron chi connectivity index (χ3n) is 4.74. The van der Waals surface area contributed by atoms with E-state index < -0.39 is 5.97 Å². The highest BCUT2D eigenvalue weighted by molar-refractivity contribution is 6.31. The molecule has 0 amide bonds. The normalized spacial score (nSPS) is 12.9. The summed E-state index contributed by atoms with van der Waals surface area (Å²) in [5, 5.41) is 23.5. The number of rotatable bonds is 5. The van der Waals surface area contributed by atoms with E-state index in [9.17, 15) is 9.90 Å². The Hall–Kier alpha value is -2.86. The van der Waals surface area contributed by atoms with Crippen molar-refractivity contribution in [2.75, 3.05) is 0 Å². The lowest BCUT2D eigenvalue weighted by Crippen LogP contribution is -2.15. The fourth-order valence-corrected chi connectivity index (χ4v) is 3.78. The van der Waals surface area contributed by atoms with Crippen molar-refractivity contribution in [2.24, 2.45) is 5.92 Å². The van der Waals surface area contributed by atoms with Gasteiger partial charge >= 0.3 is 5.97 Å². The predicted molar refractivity (Wildman–Crippen MR) is 105 cm³/mol. The highest BCUT2D eigenvalue weighted by Gasteiger charge is 2.22. The Balaban J connectivity index is 1.91. The maximum Gasteiger partial charge on any atom is 0.335 e. The largest absolute Gasteiger partial charge is 0.478 e. The molecule has 1 atom stereocenters. The van der Waals surface area contributed by atoms with Crippen molar-refractivity contribution in [1.82, 2.24) is 20.0 Å². The molecule has 7 heteroatoms. The third-order valence-corrected chi connectivity index (χ3v) is 4.95. The summed E-state index contributed by atoms with van der Waals surface area (Å²) < 4.78 is 1.95. The van der Waals surface area contributed by atoms with Crippen LogP contribution in [0.3, 0.4) is 0 Å². The zero-order chi connectivity index (χ0) is 19.1. The van der Waals surface area contributed by atoms with Crippen molar-refractivity contribution in [2.45, 2.75) is 26.3 Å². The van der Waals surface area contributed by atoms with Gasteiger partial charge in [0.25, 0.3) is 0 Å². The van der Waals surface area contributed by atoms with Crippen LogP contribution in [0.1, 0.15) is 42.2 Å². The quantitative estimate of drug-likeness (QED) is 0.514. The molecule has 0 aliphatic carbocycles. The van der Waals surface area contributed by atoms with Gasteiger partial charge in [0.05, 0.1) is 35.0 Å². The van der Waals surface area contributed by atoms with Crippen LogP contribution in [-0.4, -0.2) is 31.1 Å². The molecule has 0 fully saturated rings. The van der Waals surface area contributed by atoms with Crippen LogP contribution in [0.25, 0.3) is 21.8 Å². The Labute approximate surface area is 160 Å². The van der Waals surface area contributed by atoms with Gasteiger partial charge in [0.1, 0.15) is 0 Å². The molecule has 27 heavy (non-hydrogen) atoms. The summed E-state index contributed by atoms with van der Waals surface area (Å²) in [6.45, 7) is 4.33. The first kappa shape index (κ1) is 17.5. The molecule has 2 N–H and O–H groups in total. The Kier molecular flexibility index (Phi) is 4.36. The molecule has 0 bridgehead atoms. The number of aromatic carboxylic acids is 1. The zero-order valence-electron chi connectivity index (χ0n) is 15.0. The van der Waals surface area contributed by atoms with E-state index in [1.807, 2.05) is 22.9 Å². The standard InChI is InChI=1S/C20H19ClN4O2/c1-11(2)5-18(16-8-15(21)7-14-9-22-24-19(14)16)25-17-4-3-12(20(26)27)6-13(17)10-23-25/h3-4,6-11,18H,5H2,1-2H3,(H,22,24)(H,26,27). The van der Waals surface area contributed by atoms with E-state index in [-0.39, 0.29) is 11.6 Å². The van der Waals surface area contributed by atoms with E-state index in [2.05, 4.69) is 29.1 Å². The number of nitrogens with zero attached hydrogens (tertiary/aromatic N) is 3. The second kappa shape index (κ2) is 6.70. The summed E-state index contributed by atoms with van der Waals surface area (Å²) in [4.78, 5) is 11.3. The van der Waals surface area contributed by atoms with E-state index in [4.69, 9.17) is 11.6 Å². The smallest absolute Gasteiger partial charge is 0.335 e. The van der Waals surface area contributed by atoms with Gasteiger partial charge in [-0.25, -0.2) is 4.79 Å². The SMILES string of the molecule is CC(C)CC(c1cc(Cl)cc2cn[nH]c12)n1ncc2cc(C(=O)O)ccc21. The highest BCUT2D eigenvalue weighted by atomic mass is 35.5. The maximum atomic E-state index is 11.3. The molecule has 4 aromatic rings. The van der Waals surface area contributed by atoms with E-state index >= 15 is 0 Å². The second-order valence-electron chi connectivity index (χ2n) is 7.14. The Morgan fingerprint density at radius 1 is 1.22 bits per heavy atom. The molecule has 4 rings (SSSR count). The van der Waals surface area contributed by atoms with Crippen LogP contribution >= 0.6 is 11.6 Å². The van der Waals surface area contributed by atoms with Gasteiger partial charge in [-0.2, -0.15) is 10.2 Å². The number of carboxylic acid groups (broad SMARTS) is 1. The van der Waals surface area contributed by atoms with Crippen LogP contribution in [-0.2, 0) is 0 Å². The van der Waals surface area contributed by atoms with Crippen molar-refractivity contribution in [3.63, 3.8) is 0 Å². The Morgan fingerprint density at radius 3 is 2.78 bits per heavy atom. The van der Waals surface area contributed by atoms with Gasteiger partial charge in [-0.15, -0.1) is 0 Å². The van der Waals surface area contributed by atoms with Gasteiger partial charge in [-0.1, -0.05) is 25.4 Å². The number of benzene rings is 2. The average Bonchev–Trinajstić information content (AvgIpc) is 3.24. The molecule has 0 spiro atoms. The molecule has 0 aliphatic rings. The fourth-order valence-electron chi connectivity index (χ4n) is 3.55. The minimum atomic E-state index is -0.947. The number of aromatic amines is 1. The fraction of sp³-hybridized carbons (Fsp3) is 0.250. The van der Waals surface area contributed by atoms with Gasteiger partial charge < -0.3 is 5.11 Å². The molecule has 138 valence electrons. The molecule has 1 unspecified atom stereocenters. The molecule has 2 aromatic carbocycles. The molecule has 0 aliphatic heterocycles. The van der Waals surface area contributed by atoms with E-state index in [0.29, 0.717) is 10.9 Å². The van der Waals surface area contributed by atoms with E-state index in [1.165, 1.54) is 0 Å². The predicted octanol–water partition coefficient (Wildman–Crippen LogP) is 4.90. The van der Waals surface area contributed by atoms with Gasteiger partial charge in [-0.3, -0.25) is 9.78 Å². The number of H-pyrrole nitrogens is 1. The number of nitrogens with one attached hydrogen (secondary N) is 1. The number of fused-ring (bicyclic) bond motifs is 2. The Bertz CT molecular complexity index is 1150. The Morgan fingerprint density at radius 2 is 2.04 bits per heavy atom.